The third-order valence-corrected chi connectivity index (χ3v) is 8.44. The molecule has 0 amide bonds. The quantitative estimate of drug-likeness (QED) is 0.198. The van der Waals surface area contributed by atoms with Gasteiger partial charge < -0.3 is 29.9 Å². The largest absolute Gasteiger partial charge is 0.464 e. The predicted octanol–water partition coefficient (Wildman–Crippen LogP) is 2.00. The standard InChI is InChI=1S/C25H32N5O8P/c1-15(24(33)35-12-16-8-9-16)29-39(34,38-17-6-4-3-5-7-17)36-13-25(2)22(32)20(31)21(37-25)18-10-11-19-23(26)27-14-28-30(18)19/h3-7,10-11,14-16,20-22,31-32H,8-9,12-13H2,1-2H3,(H,29,34)(H2,26,27,28)/t15-,20-,21-,22-,25+,39-/m0/s1. The molecule has 1 saturated heterocycles. The number of nitrogens with one attached hydrogen (secondary N) is 1. The molecule has 13 nitrogen and oxygen atoms in total. The summed E-state index contributed by atoms with van der Waals surface area (Å²) >= 11 is 0. The topological polar surface area (TPSA) is 180 Å². The van der Waals surface area contributed by atoms with Crippen LogP contribution in [0.15, 0.2) is 48.8 Å². The Morgan fingerprint density at radius 3 is 2.74 bits per heavy atom. The molecule has 2 aromatic heterocycles. The summed E-state index contributed by atoms with van der Waals surface area (Å²) in [5.41, 5.74) is 5.34. The number of nitrogen functional groups attached to an aromatic ring is 1. The van der Waals surface area contributed by atoms with E-state index < -0.39 is 50.3 Å². The van der Waals surface area contributed by atoms with Gasteiger partial charge in [-0.15, -0.1) is 0 Å². The van der Waals surface area contributed by atoms with E-state index in [-0.39, 0.29) is 11.6 Å². The average Bonchev–Trinajstić information content (AvgIpc) is 3.60. The van der Waals surface area contributed by atoms with Crippen LogP contribution in [0.5, 0.6) is 5.75 Å². The number of rotatable bonds is 11. The van der Waals surface area contributed by atoms with Crippen LogP contribution in [0.3, 0.4) is 0 Å². The molecule has 0 bridgehead atoms. The van der Waals surface area contributed by atoms with Crippen LogP contribution in [0.1, 0.15) is 38.5 Å². The number of nitrogens with two attached hydrogens (primary N) is 1. The molecular formula is C25H32N5O8P. The first-order valence-corrected chi connectivity index (χ1v) is 14.2. The molecule has 0 spiro atoms. The van der Waals surface area contributed by atoms with Crippen LogP contribution < -0.4 is 15.3 Å². The Morgan fingerprint density at radius 2 is 2.03 bits per heavy atom. The normalized spacial score (nSPS) is 27.2. The molecule has 1 saturated carbocycles. The molecule has 210 valence electrons. The summed E-state index contributed by atoms with van der Waals surface area (Å²) in [6.07, 6.45) is -0.512. The summed E-state index contributed by atoms with van der Waals surface area (Å²) in [6.45, 7) is 2.86. The van der Waals surface area contributed by atoms with E-state index >= 15 is 0 Å². The van der Waals surface area contributed by atoms with Gasteiger partial charge in [0.25, 0.3) is 0 Å². The Kier molecular flexibility index (Phi) is 7.64. The SMILES string of the molecule is C[C@H](N[P@](=O)(OC[C@@]1(C)O[C@@H](c2ccc3c(N)ncnn23)[C@H](O)[C@@H]1O)Oc1ccccc1)C(=O)OCC1CC1. The van der Waals surface area contributed by atoms with Gasteiger partial charge in [0.15, 0.2) is 5.82 Å². The molecule has 39 heavy (non-hydrogen) atoms. The second-order valence-corrected chi connectivity index (χ2v) is 11.8. The Labute approximate surface area is 224 Å². The number of benzene rings is 1. The van der Waals surface area contributed by atoms with E-state index in [1.807, 2.05) is 0 Å². The van der Waals surface area contributed by atoms with Gasteiger partial charge in [-0.2, -0.15) is 10.2 Å². The van der Waals surface area contributed by atoms with Gasteiger partial charge in [0.1, 0.15) is 47.5 Å². The zero-order valence-corrected chi connectivity index (χ0v) is 22.4. The first kappa shape index (κ1) is 27.5. The van der Waals surface area contributed by atoms with Gasteiger partial charge >= 0.3 is 13.7 Å². The van der Waals surface area contributed by atoms with Gasteiger partial charge in [0.2, 0.25) is 0 Å². The van der Waals surface area contributed by atoms with Crippen molar-refractivity contribution < 1.29 is 38.1 Å². The number of aromatic nitrogens is 3. The zero-order valence-electron chi connectivity index (χ0n) is 21.5. The van der Waals surface area contributed by atoms with E-state index in [0.29, 0.717) is 23.7 Å². The highest BCUT2D eigenvalue weighted by molar-refractivity contribution is 7.52. The number of para-hydroxylation sites is 1. The van der Waals surface area contributed by atoms with E-state index in [9.17, 15) is 19.6 Å². The number of carbonyl (C=O) groups is 1. The molecule has 5 N–H and O–H groups in total. The fraction of sp³-hybridized carbons (Fsp3) is 0.480. The molecule has 6 atom stereocenters. The molecule has 5 rings (SSSR count). The van der Waals surface area contributed by atoms with Crippen LogP contribution in [0, 0.1) is 5.92 Å². The molecule has 1 aliphatic carbocycles. The summed E-state index contributed by atoms with van der Waals surface area (Å²) in [7, 11) is -4.22. The number of nitrogens with zero attached hydrogens (tertiary/aromatic N) is 3. The minimum absolute atomic E-state index is 0.236. The lowest BCUT2D eigenvalue weighted by molar-refractivity contribution is -0.145. The van der Waals surface area contributed by atoms with Gasteiger partial charge in [0, 0.05) is 0 Å². The summed E-state index contributed by atoms with van der Waals surface area (Å²) < 4.78 is 38.1. The summed E-state index contributed by atoms with van der Waals surface area (Å²) in [5.74, 6) is 0.248. The maximum atomic E-state index is 13.9. The van der Waals surface area contributed by atoms with Crippen molar-refractivity contribution >= 4 is 25.1 Å². The van der Waals surface area contributed by atoms with Gasteiger partial charge in [-0.25, -0.2) is 14.1 Å². The molecule has 0 unspecified atom stereocenters. The Morgan fingerprint density at radius 1 is 1.28 bits per heavy atom. The van der Waals surface area contributed by atoms with Crippen molar-refractivity contribution in [3.05, 3.63) is 54.5 Å². The van der Waals surface area contributed by atoms with Gasteiger partial charge in [-0.1, -0.05) is 18.2 Å². The molecule has 1 aromatic carbocycles. The summed E-state index contributed by atoms with van der Waals surface area (Å²) in [5, 5.41) is 28.6. The number of aliphatic hydroxyl groups is 2. The third kappa shape index (κ3) is 5.93. The minimum atomic E-state index is -4.22. The van der Waals surface area contributed by atoms with Gasteiger partial charge in [0.05, 0.1) is 18.9 Å². The van der Waals surface area contributed by atoms with E-state index in [1.54, 1.807) is 42.5 Å². The lowest BCUT2D eigenvalue weighted by atomic mass is 9.97. The molecule has 14 heteroatoms. The number of hydrogen-bond donors (Lipinski definition) is 4. The van der Waals surface area contributed by atoms with Crippen molar-refractivity contribution in [2.75, 3.05) is 18.9 Å². The van der Waals surface area contributed by atoms with Crippen LogP contribution in [0.4, 0.5) is 5.82 Å². The third-order valence-electron chi connectivity index (χ3n) is 6.81. The maximum absolute atomic E-state index is 13.9. The fourth-order valence-electron chi connectivity index (χ4n) is 4.32. The Balaban J connectivity index is 1.32. The van der Waals surface area contributed by atoms with Crippen molar-refractivity contribution in [1.29, 1.82) is 0 Å². The second-order valence-electron chi connectivity index (χ2n) is 10.1. The molecule has 1 aliphatic heterocycles. The van der Waals surface area contributed by atoms with E-state index in [0.717, 1.165) is 12.8 Å². The molecule has 2 aliphatic rings. The molecular weight excluding hydrogens is 529 g/mol. The minimum Gasteiger partial charge on any atom is -0.464 e. The monoisotopic (exact) mass is 561 g/mol. The number of hydrogen-bond acceptors (Lipinski definition) is 11. The first-order chi connectivity index (χ1) is 18.6. The molecule has 0 radical (unpaired) electrons. The van der Waals surface area contributed by atoms with Crippen LogP contribution in [0.2, 0.25) is 0 Å². The van der Waals surface area contributed by atoms with Gasteiger partial charge in [-0.05, 0) is 56.9 Å². The fourth-order valence-corrected chi connectivity index (χ4v) is 5.91. The lowest BCUT2D eigenvalue weighted by Crippen LogP contribution is -2.45. The van der Waals surface area contributed by atoms with Crippen molar-refractivity contribution in [3.63, 3.8) is 0 Å². The van der Waals surface area contributed by atoms with Gasteiger partial charge in [-0.3, -0.25) is 9.32 Å². The summed E-state index contributed by atoms with van der Waals surface area (Å²) in [4.78, 5) is 16.4. The zero-order chi connectivity index (χ0) is 27.8. The number of esters is 1. The van der Waals surface area contributed by atoms with Crippen molar-refractivity contribution in [1.82, 2.24) is 19.7 Å². The van der Waals surface area contributed by atoms with E-state index in [4.69, 9.17) is 24.3 Å². The number of anilines is 1. The number of fused-ring (bicyclic) bond motifs is 1. The number of aliphatic hydroxyl groups excluding tert-OH is 2. The van der Waals surface area contributed by atoms with Crippen LogP contribution in [0.25, 0.3) is 5.52 Å². The highest BCUT2D eigenvalue weighted by Crippen LogP contribution is 2.48. The van der Waals surface area contributed by atoms with Crippen LogP contribution >= 0.6 is 7.75 Å². The first-order valence-electron chi connectivity index (χ1n) is 12.6. The van der Waals surface area contributed by atoms with E-state index in [1.165, 1.54) is 24.7 Å². The Bertz CT molecular complexity index is 1370. The van der Waals surface area contributed by atoms with Crippen LogP contribution in [-0.2, 0) is 23.4 Å². The summed E-state index contributed by atoms with van der Waals surface area (Å²) in [6, 6.07) is 10.6. The van der Waals surface area contributed by atoms with Crippen molar-refractivity contribution in [2.24, 2.45) is 5.92 Å². The highest BCUT2D eigenvalue weighted by Gasteiger charge is 2.54. The van der Waals surface area contributed by atoms with Crippen molar-refractivity contribution in [2.45, 2.75) is 56.6 Å². The average molecular weight is 562 g/mol. The predicted molar refractivity (Wildman–Crippen MR) is 139 cm³/mol. The second kappa shape index (κ2) is 10.8. The van der Waals surface area contributed by atoms with E-state index in [2.05, 4.69) is 15.2 Å². The maximum Gasteiger partial charge on any atom is 0.459 e. The molecule has 3 aromatic rings. The smallest absolute Gasteiger partial charge is 0.459 e. The number of carbonyl (C=O) groups excluding carboxylic acids is 1. The van der Waals surface area contributed by atoms with Crippen LogP contribution in [-0.4, -0.2) is 67.8 Å². The Hall–Kier alpha value is -3.06. The number of ether oxygens (including phenoxy) is 2. The molecule has 2 fully saturated rings. The highest BCUT2D eigenvalue weighted by atomic mass is 31.2. The molecule has 3 heterocycles. The van der Waals surface area contributed by atoms with Crippen molar-refractivity contribution in [3.8, 4) is 5.75 Å². The lowest BCUT2D eigenvalue weighted by Gasteiger charge is -2.30.